The van der Waals surface area contributed by atoms with Crippen LogP contribution < -0.4 is 10.4 Å². The predicted molar refractivity (Wildman–Crippen MR) is 128 cm³/mol. The van der Waals surface area contributed by atoms with Crippen LogP contribution in [0.3, 0.4) is 0 Å². The molecule has 0 N–H and O–H groups in total. The van der Waals surface area contributed by atoms with E-state index in [1.54, 1.807) is 10.4 Å². The third-order valence-corrected chi connectivity index (χ3v) is 9.68. The van der Waals surface area contributed by atoms with E-state index in [1.807, 2.05) is 0 Å². The van der Waals surface area contributed by atoms with Gasteiger partial charge < -0.3 is 14.9 Å². The molecule has 0 bridgehead atoms. The van der Waals surface area contributed by atoms with Crippen LogP contribution in [0.25, 0.3) is 21.5 Å². The molecule has 0 aromatic heterocycles. The van der Waals surface area contributed by atoms with Crippen molar-refractivity contribution in [3.63, 3.8) is 0 Å². The summed E-state index contributed by atoms with van der Waals surface area (Å²) < 4.78 is 0. The second kappa shape index (κ2) is 8.63. The molecule has 0 atom stereocenters. The maximum absolute atomic E-state index is 2.54. The molecule has 0 aliphatic rings. The standard InChI is InChI=1S/C24H26Si.2CH3.Hf/c1-15-9-7-11-19-13-17(3)23(21(15)19)25(5,6)24-18(4)14-20-12-8-10-16(2)22(20)24;;;/h7-14H,1-6H3;2*1H3;/q-2;2*-1;+4. The molecule has 0 aliphatic carbocycles. The van der Waals surface area contributed by atoms with Crippen LogP contribution in [0.5, 0.6) is 0 Å². The van der Waals surface area contributed by atoms with Gasteiger partial charge in [0, 0.05) is 8.07 Å². The molecular formula is C26H32HfSi. The number of hydrogen-bond acceptors (Lipinski definition) is 0. The van der Waals surface area contributed by atoms with E-state index in [-0.39, 0.29) is 40.7 Å². The second-order valence-corrected chi connectivity index (χ2v) is 12.4. The largest absolute Gasteiger partial charge is 4.00 e. The van der Waals surface area contributed by atoms with Crippen molar-refractivity contribution < 1.29 is 25.8 Å². The van der Waals surface area contributed by atoms with Crippen molar-refractivity contribution in [1.29, 1.82) is 0 Å². The quantitative estimate of drug-likeness (QED) is 0.200. The molecule has 0 spiro atoms. The van der Waals surface area contributed by atoms with Gasteiger partial charge in [-0.1, -0.05) is 50.2 Å². The summed E-state index contributed by atoms with van der Waals surface area (Å²) >= 11 is 0. The molecule has 4 rings (SSSR count). The first-order valence-electron chi connectivity index (χ1n) is 9.14. The van der Waals surface area contributed by atoms with Crippen molar-refractivity contribution in [2.45, 2.75) is 40.8 Å². The smallest absolute Gasteiger partial charge is 0.358 e. The average Bonchev–Trinajstić information content (AvgIpc) is 3.05. The summed E-state index contributed by atoms with van der Waals surface area (Å²) in [5.41, 5.74) is 5.74. The van der Waals surface area contributed by atoms with E-state index in [1.165, 1.54) is 43.8 Å². The first kappa shape index (κ1) is 24.8. The summed E-state index contributed by atoms with van der Waals surface area (Å²) in [6, 6.07) is 18.2. The monoisotopic (exact) mass is 552 g/mol. The summed E-state index contributed by atoms with van der Waals surface area (Å²) in [6.07, 6.45) is 0. The van der Waals surface area contributed by atoms with E-state index >= 15 is 0 Å². The van der Waals surface area contributed by atoms with Crippen molar-refractivity contribution >= 4 is 40.0 Å². The molecule has 0 radical (unpaired) electrons. The maximum Gasteiger partial charge on any atom is 4.00 e. The zero-order valence-corrected chi connectivity index (χ0v) is 23.2. The SMILES string of the molecule is Cc1[cH-]c2cccc(C)c2c1[Si](C)(C)c1c(C)[cH-]c2cccc(C)c12.[CH3-].[CH3-].[Hf+4]. The predicted octanol–water partition coefficient (Wildman–Crippen LogP) is 6.39. The fourth-order valence-electron chi connectivity index (χ4n) is 5.05. The molecule has 0 saturated heterocycles. The Labute approximate surface area is 191 Å². The Morgan fingerprint density at radius 1 is 0.643 bits per heavy atom. The van der Waals surface area contributed by atoms with Crippen LogP contribution in [0, 0.1) is 42.5 Å². The Kier molecular flexibility index (Phi) is 7.64. The topological polar surface area (TPSA) is 0 Å². The van der Waals surface area contributed by atoms with E-state index in [4.69, 9.17) is 0 Å². The van der Waals surface area contributed by atoms with E-state index in [0.29, 0.717) is 0 Å². The molecule has 0 heterocycles. The Morgan fingerprint density at radius 2 is 1.00 bits per heavy atom. The van der Waals surface area contributed by atoms with Crippen LogP contribution >= 0.6 is 0 Å². The minimum atomic E-state index is -1.83. The summed E-state index contributed by atoms with van der Waals surface area (Å²) in [7, 11) is -1.83. The van der Waals surface area contributed by atoms with Crippen molar-refractivity contribution in [2.75, 3.05) is 0 Å². The van der Waals surface area contributed by atoms with Gasteiger partial charge in [-0.25, -0.2) is 0 Å². The van der Waals surface area contributed by atoms with Crippen LogP contribution in [0.4, 0.5) is 0 Å². The van der Waals surface area contributed by atoms with Crippen molar-refractivity contribution in [3.8, 4) is 0 Å². The molecule has 4 aromatic rings. The van der Waals surface area contributed by atoms with Gasteiger partial charge in [-0.2, -0.15) is 10.4 Å². The van der Waals surface area contributed by atoms with E-state index < -0.39 is 8.07 Å². The van der Waals surface area contributed by atoms with Crippen LogP contribution in [0.1, 0.15) is 22.3 Å². The summed E-state index contributed by atoms with van der Waals surface area (Å²) in [5.74, 6) is 0. The third kappa shape index (κ3) is 3.54. The third-order valence-electron chi connectivity index (χ3n) is 5.89. The van der Waals surface area contributed by atoms with Crippen LogP contribution in [-0.2, 0) is 25.8 Å². The molecule has 0 unspecified atom stereocenters. The molecule has 0 nitrogen and oxygen atoms in total. The normalized spacial score (nSPS) is 11.1. The molecule has 0 aliphatic heterocycles. The van der Waals surface area contributed by atoms with Gasteiger partial charge in [0.05, 0.1) is 0 Å². The van der Waals surface area contributed by atoms with Crippen molar-refractivity contribution in [1.82, 2.24) is 0 Å². The van der Waals surface area contributed by atoms with Gasteiger partial charge in [-0.3, -0.25) is 0 Å². The molecule has 28 heavy (non-hydrogen) atoms. The number of hydrogen-bond donors (Lipinski definition) is 0. The molecule has 4 aromatic carbocycles. The minimum absolute atomic E-state index is 0. The van der Waals surface area contributed by atoms with Gasteiger partial charge in [0.15, 0.2) is 0 Å². The van der Waals surface area contributed by atoms with Gasteiger partial charge >= 0.3 is 25.8 Å². The molecule has 0 saturated carbocycles. The van der Waals surface area contributed by atoms with Gasteiger partial charge in [0.1, 0.15) is 0 Å². The van der Waals surface area contributed by atoms with E-state index in [9.17, 15) is 0 Å². The van der Waals surface area contributed by atoms with Gasteiger partial charge in [-0.15, -0.1) is 69.1 Å². The van der Waals surface area contributed by atoms with Gasteiger partial charge in [-0.05, 0) is 13.8 Å². The number of fused-ring (bicyclic) bond motifs is 2. The van der Waals surface area contributed by atoms with Gasteiger partial charge in [0.2, 0.25) is 0 Å². The first-order chi connectivity index (χ1) is 11.8. The van der Waals surface area contributed by atoms with Crippen LogP contribution in [0.2, 0.25) is 13.1 Å². The molecule has 144 valence electrons. The average molecular weight is 551 g/mol. The molecule has 2 heteroatoms. The van der Waals surface area contributed by atoms with E-state index in [0.717, 1.165) is 0 Å². The first-order valence-corrected chi connectivity index (χ1v) is 12.1. The van der Waals surface area contributed by atoms with Crippen molar-refractivity contribution in [2.24, 2.45) is 0 Å². The Hall–Kier alpha value is -1.25. The van der Waals surface area contributed by atoms with Crippen LogP contribution in [-0.4, -0.2) is 8.07 Å². The summed E-state index contributed by atoms with van der Waals surface area (Å²) in [4.78, 5) is 0. The number of benzene rings is 2. The minimum Gasteiger partial charge on any atom is -0.358 e. The molecule has 0 fully saturated rings. The molecular weight excluding hydrogens is 519 g/mol. The summed E-state index contributed by atoms with van der Waals surface area (Å²) in [6.45, 7) is 14.2. The van der Waals surface area contributed by atoms with E-state index in [2.05, 4.69) is 89.3 Å². The molecule has 0 amide bonds. The number of rotatable bonds is 2. The van der Waals surface area contributed by atoms with Crippen LogP contribution in [0.15, 0.2) is 48.5 Å². The number of aryl methyl sites for hydroxylation is 4. The fourth-order valence-corrected chi connectivity index (χ4v) is 9.34. The zero-order chi connectivity index (χ0) is 17.9. The summed E-state index contributed by atoms with van der Waals surface area (Å²) in [5, 5.41) is 9.05. The Morgan fingerprint density at radius 3 is 1.36 bits per heavy atom. The van der Waals surface area contributed by atoms with Crippen molar-refractivity contribution in [3.05, 3.63) is 85.6 Å². The fraction of sp³-hybridized carbons (Fsp3) is 0.231. The Balaban J connectivity index is 0.00000131. The van der Waals surface area contributed by atoms with Gasteiger partial charge in [0.25, 0.3) is 0 Å². The second-order valence-electron chi connectivity index (χ2n) is 8.11. The zero-order valence-electron chi connectivity index (χ0n) is 18.6. The maximum atomic E-state index is 2.54. The Bertz CT molecular complexity index is 1020.